The van der Waals surface area contributed by atoms with Crippen LogP contribution in [0.5, 0.6) is 0 Å². The first-order valence-electron chi connectivity index (χ1n) is 25.7. The van der Waals surface area contributed by atoms with E-state index in [0.29, 0.717) is 6.42 Å². The highest BCUT2D eigenvalue weighted by atomic mass is 16.3. The van der Waals surface area contributed by atoms with Gasteiger partial charge in [0.15, 0.2) is 0 Å². The third-order valence-electron chi connectivity index (χ3n) is 12.0. The third-order valence-corrected chi connectivity index (χ3v) is 12.0. The molecule has 0 fully saturated rings. The highest BCUT2D eigenvalue weighted by Gasteiger charge is 2.22. The van der Waals surface area contributed by atoms with E-state index in [1.807, 2.05) is 6.08 Å². The van der Waals surface area contributed by atoms with Gasteiger partial charge in [-0.15, -0.1) is 0 Å². The molecule has 0 saturated carbocycles. The molecule has 0 saturated heterocycles. The second-order valence-electron chi connectivity index (χ2n) is 17.7. The van der Waals surface area contributed by atoms with Crippen LogP contribution in [0.15, 0.2) is 24.3 Å². The van der Waals surface area contributed by atoms with Crippen molar-refractivity contribution >= 4 is 5.91 Å². The first kappa shape index (κ1) is 55.8. The number of unbranched alkanes of at least 4 members (excludes halogenated alkanes) is 37. The Morgan fingerprint density at radius 3 is 1.02 bits per heavy atom. The summed E-state index contributed by atoms with van der Waals surface area (Å²) in [5.74, 6) is -0.501. The van der Waals surface area contributed by atoms with Gasteiger partial charge in [-0.2, -0.15) is 0 Å². The molecule has 0 heterocycles. The van der Waals surface area contributed by atoms with Crippen LogP contribution in [-0.4, -0.2) is 46.1 Å². The van der Waals surface area contributed by atoms with E-state index >= 15 is 0 Å². The quantitative estimate of drug-likeness (QED) is 0.0364. The van der Waals surface area contributed by atoms with Gasteiger partial charge in [-0.3, -0.25) is 4.79 Å². The molecule has 0 aromatic heterocycles. The van der Waals surface area contributed by atoms with Crippen LogP contribution in [0.3, 0.4) is 0 Å². The number of carbonyl (C=O) groups is 1. The second-order valence-corrected chi connectivity index (χ2v) is 17.7. The number of nitrogens with one attached hydrogen (secondary N) is 1. The monoisotopic (exact) mass is 804 g/mol. The van der Waals surface area contributed by atoms with E-state index in [1.54, 1.807) is 6.08 Å². The number of carbonyl (C=O) groups excluding carboxylic acids is 1. The van der Waals surface area contributed by atoms with Crippen molar-refractivity contribution in [1.29, 1.82) is 0 Å². The van der Waals surface area contributed by atoms with Gasteiger partial charge in [0.05, 0.1) is 18.8 Å². The fraction of sp³-hybridized carbons (Fsp3) is 0.904. The van der Waals surface area contributed by atoms with Crippen LogP contribution < -0.4 is 5.32 Å². The van der Waals surface area contributed by atoms with Gasteiger partial charge in [0.2, 0.25) is 5.91 Å². The lowest BCUT2D eigenvalue weighted by Gasteiger charge is -2.21. The van der Waals surface area contributed by atoms with Crippen molar-refractivity contribution in [3.8, 4) is 0 Å². The molecule has 5 nitrogen and oxygen atoms in total. The van der Waals surface area contributed by atoms with Crippen molar-refractivity contribution in [2.75, 3.05) is 6.61 Å². The molecular weight excluding hydrogens is 703 g/mol. The number of aliphatic hydroxyl groups excluding tert-OH is 3. The Hall–Kier alpha value is -1.17. The van der Waals surface area contributed by atoms with E-state index in [4.69, 9.17) is 0 Å². The van der Waals surface area contributed by atoms with E-state index in [2.05, 4.69) is 31.3 Å². The summed E-state index contributed by atoms with van der Waals surface area (Å²) >= 11 is 0. The Balaban J connectivity index is 3.48. The fourth-order valence-electron chi connectivity index (χ4n) is 8.01. The van der Waals surface area contributed by atoms with Gasteiger partial charge in [-0.25, -0.2) is 0 Å². The van der Waals surface area contributed by atoms with Gasteiger partial charge in [-0.1, -0.05) is 256 Å². The molecule has 0 radical (unpaired) electrons. The zero-order valence-corrected chi connectivity index (χ0v) is 38.5. The zero-order valence-electron chi connectivity index (χ0n) is 38.5. The highest BCUT2D eigenvalue weighted by Crippen LogP contribution is 2.17. The minimum atomic E-state index is -1.09. The summed E-state index contributed by atoms with van der Waals surface area (Å²) in [5.41, 5.74) is 0. The number of amides is 1. The number of rotatable bonds is 47. The van der Waals surface area contributed by atoms with E-state index in [1.165, 1.54) is 225 Å². The molecule has 0 rings (SSSR count). The van der Waals surface area contributed by atoms with Gasteiger partial charge in [0, 0.05) is 0 Å². The Morgan fingerprint density at radius 1 is 0.421 bits per heavy atom. The Morgan fingerprint density at radius 2 is 0.702 bits per heavy atom. The molecule has 0 spiro atoms. The number of hydrogen-bond acceptors (Lipinski definition) is 4. The van der Waals surface area contributed by atoms with Crippen molar-refractivity contribution in [2.45, 2.75) is 295 Å². The molecule has 0 bridgehead atoms. The third kappa shape index (κ3) is 42.8. The molecule has 0 aromatic carbocycles. The smallest absolute Gasteiger partial charge is 0.249 e. The molecule has 3 unspecified atom stereocenters. The number of hydrogen-bond donors (Lipinski definition) is 4. The van der Waals surface area contributed by atoms with Crippen LogP contribution in [0.2, 0.25) is 0 Å². The molecule has 0 aliphatic rings. The SMILES string of the molecule is CCCCCCCCCCC/C=C/C(O)C(CO)NC(=O)C(O)CCCCCCCCCCCCCCCCCC/C=C\CCCCCCCCCCCCCC. The van der Waals surface area contributed by atoms with E-state index < -0.39 is 24.2 Å². The summed E-state index contributed by atoms with van der Waals surface area (Å²) in [6, 6.07) is -0.794. The molecule has 57 heavy (non-hydrogen) atoms. The van der Waals surface area contributed by atoms with Crippen molar-refractivity contribution in [2.24, 2.45) is 0 Å². The largest absolute Gasteiger partial charge is 0.394 e. The molecule has 0 aliphatic carbocycles. The van der Waals surface area contributed by atoms with Gasteiger partial charge in [0.25, 0.3) is 0 Å². The van der Waals surface area contributed by atoms with Crippen LogP contribution in [-0.2, 0) is 4.79 Å². The Kier molecular flexibility index (Phi) is 46.5. The normalized spacial score (nSPS) is 13.6. The van der Waals surface area contributed by atoms with Crippen molar-refractivity contribution in [3.63, 3.8) is 0 Å². The summed E-state index contributed by atoms with van der Waals surface area (Å²) in [4.78, 5) is 12.5. The standard InChI is InChI=1S/C52H101NO4/c1-3-5-7-9-11-13-15-16-17-18-19-20-21-22-23-24-25-26-27-28-29-30-31-32-33-34-35-37-39-41-43-45-47-51(56)52(57)53-49(48-54)50(55)46-44-42-40-38-36-14-12-10-8-6-4-2/h22-23,44,46,49-51,54-56H,3-21,24-43,45,47-48H2,1-2H3,(H,53,57)/b23-22-,46-44+. The van der Waals surface area contributed by atoms with Crippen molar-refractivity contribution in [1.82, 2.24) is 5.32 Å². The summed E-state index contributed by atoms with van der Waals surface area (Å²) in [6.45, 7) is 4.18. The topological polar surface area (TPSA) is 89.8 Å². The zero-order chi connectivity index (χ0) is 41.5. The van der Waals surface area contributed by atoms with Gasteiger partial charge in [-0.05, 0) is 44.9 Å². The van der Waals surface area contributed by atoms with Crippen LogP contribution in [0.4, 0.5) is 0 Å². The van der Waals surface area contributed by atoms with Crippen molar-refractivity contribution in [3.05, 3.63) is 24.3 Å². The minimum absolute atomic E-state index is 0.361. The van der Waals surface area contributed by atoms with E-state index in [-0.39, 0.29) is 6.61 Å². The summed E-state index contributed by atoms with van der Waals surface area (Å²) in [6.07, 6.45) is 59.7. The van der Waals surface area contributed by atoms with E-state index in [0.717, 1.165) is 32.1 Å². The predicted molar refractivity (Wildman–Crippen MR) is 250 cm³/mol. The summed E-state index contributed by atoms with van der Waals surface area (Å²) in [5, 5.41) is 33.1. The van der Waals surface area contributed by atoms with Crippen LogP contribution in [0.1, 0.15) is 277 Å². The maximum absolute atomic E-state index is 12.5. The number of allylic oxidation sites excluding steroid dienone is 3. The van der Waals surface area contributed by atoms with E-state index in [9.17, 15) is 20.1 Å². The van der Waals surface area contributed by atoms with Crippen LogP contribution in [0.25, 0.3) is 0 Å². The maximum Gasteiger partial charge on any atom is 0.249 e. The lowest BCUT2D eigenvalue weighted by atomic mass is 10.0. The second kappa shape index (κ2) is 47.5. The average Bonchev–Trinajstić information content (AvgIpc) is 3.22. The molecule has 5 heteroatoms. The lowest BCUT2D eigenvalue weighted by molar-refractivity contribution is -0.131. The Labute approximate surface area is 356 Å². The number of aliphatic hydroxyl groups is 3. The molecular formula is C52H101NO4. The molecule has 338 valence electrons. The summed E-state index contributed by atoms with van der Waals surface area (Å²) in [7, 11) is 0. The minimum Gasteiger partial charge on any atom is -0.394 e. The van der Waals surface area contributed by atoms with Crippen LogP contribution in [0, 0.1) is 0 Å². The maximum atomic E-state index is 12.5. The molecule has 4 N–H and O–H groups in total. The Bertz CT molecular complexity index is 844. The fourth-order valence-corrected chi connectivity index (χ4v) is 8.01. The van der Waals surface area contributed by atoms with Crippen LogP contribution >= 0.6 is 0 Å². The van der Waals surface area contributed by atoms with Gasteiger partial charge in [0.1, 0.15) is 6.10 Å². The molecule has 0 aliphatic heterocycles. The average molecular weight is 804 g/mol. The lowest BCUT2D eigenvalue weighted by Crippen LogP contribution is -2.48. The molecule has 0 aromatic rings. The first-order chi connectivity index (χ1) is 28.1. The van der Waals surface area contributed by atoms with Crippen molar-refractivity contribution < 1.29 is 20.1 Å². The highest BCUT2D eigenvalue weighted by molar-refractivity contribution is 5.80. The molecule has 3 atom stereocenters. The predicted octanol–water partition coefficient (Wildman–Crippen LogP) is 15.3. The summed E-state index contributed by atoms with van der Waals surface area (Å²) < 4.78 is 0. The molecule has 1 amide bonds. The van der Waals surface area contributed by atoms with Gasteiger partial charge < -0.3 is 20.6 Å². The van der Waals surface area contributed by atoms with Gasteiger partial charge >= 0.3 is 0 Å². The first-order valence-corrected chi connectivity index (χ1v) is 25.7.